The first kappa shape index (κ1) is 46.3. The van der Waals surface area contributed by atoms with Gasteiger partial charge in [0, 0.05) is 67.2 Å². The summed E-state index contributed by atoms with van der Waals surface area (Å²) in [5, 5.41) is 3.82. The van der Waals surface area contributed by atoms with Gasteiger partial charge in [-0.15, -0.1) is 0 Å². The van der Waals surface area contributed by atoms with Crippen molar-refractivity contribution in [2.75, 3.05) is 9.80 Å². The number of nitrogens with zero attached hydrogens (tertiary/aromatic N) is 2. The van der Waals surface area contributed by atoms with Gasteiger partial charge in [-0.05, 0) is 118 Å². The first-order valence-electron chi connectivity index (χ1n) is 27.4. The summed E-state index contributed by atoms with van der Waals surface area (Å²) >= 11 is 7.01. The molecule has 3 atom stereocenters. The van der Waals surface area contributed by atoms with E-state index >= 15 is 0 Å². The summed E-state index contributed by atoms with van der Waals surface area (Å²) in [5.41, 5.74) is 18.7. The second kappa shape index (κ2) is 18.1. The second-order valence-corrected chi connectivity index (χ2v) is 21.7. The zero-order valence-corrected chi connectivity index (χ0v) is 44.3. The topological polar surface area (TPSA) is 42.0 Å². The quantitative estimate of drug-likeness (QED) is 0.152. The molecular formula is C74H49ClN2O3. The summed E-state index contributed by atoms with van der Waals surface area (Å²) in [6, 6.07) is 92.8. The third kappa shape index (κ3) is 6.90. The summed E-state index contributed by atoms with van der Waals surface area (Å²) in [6.07, 6.45) is 2.36. The number of rotatable bonds is 8. The van der Waals surface area contributed by atoms with Crippen LogP contribution in [-0.2, 0) is 5.41 Å². The molecule has 1 spiro atoms. The fourth-order valence-electron chi connectivity index (χ4n) is 13.6. The molecule has 5 nitrogen and oxygen atoms in total. The highest BCUT2D eigenvalue weighted by Crippen LogP contribution is 2.65. The Morgan fingerprint density at radius 3 is 1.84 bits per heavy atom. The summed E-state index contributed by atoms with van der Waals surface area (Å²) in [7, 11) is 0. The van der Waals surface area contributed by atoms with Crippen molar-refractivity contribution in [1.29, 1.82) is 0 Å². The van der Waals surface area contributed by atoms with Gasteiger partial charge in [-0.2, -0.15) is 0 Å². The van der Waals surface area contributed by atoms with Crippen LogP contribution in [0.4, 0.5) is 28.4 Å². The average Bonchev–Trinajstić information content (AvgIpc) is 4.35. The summed E-state index contributed by atoms with van der Waals surface area (Å²) in [6.45, 7) is 2.34. The van der Waals surface area contributed by atoms with Gasteiger partial charge < -0.3 is 23.4 Å². The molecular weight excluding hydrogens is 1000 g/mol. The first-order valence-corrected chi connectivity index (χ1v) is 27.7. The normalized spacial score (nSPS) is 16.6. The summed E-state index contributed by atoms with van der Waals surface area (Å²) in [4.78, 5) is 4.81. The molecule has 3 heterocycles. The molecule has 0 amide bonds. The number of hydrogen-bond acceptors (Lipinski definition) is 5. The van der Waals surface area contributed by atoms with Crippen molar-refractivity contribution in [1.82, 2.24) is 0 Å². The Morgan fingerprint density at radius 2 is 1.06 bits per heavy atom. The highest BCUT2D eigenvalue weighted by molar-refractivity contribution is 6.31. The fraction of sp³-hybridized carbons (Fsp3) is 0.0541. The lowest BCUT2D eigenvalue weighted by Crippen LogP contribution is -2.33. The Balaban J connectivity index is 0.972. The molecule has 1 aliphatic heterocycles. The van der Waals surface area contributed by atoms with E-state index in [1.807, 2.05) is 12.1 Å². The van der Waals surface area contributed by atoms with Crippen molar-refractivity contribution < 1.29 is 13.6 Å². The van der Waals surface area contributed by atoms with Crippen LogP contribution in [0.5, 0.6) is 11.5 Å². The molecule has 380 valence electrons. The van der Waals surface area contributed by atoms with E-state index < -0.39 is 5.41 Å². The molecule has 0 bridgehead atoms. The van der Waals surface area contributed by atoms with Gasteiger partial charge >= 0.3 is 0 Å². The molecule has 13 aromatic rings. The van der Waals surface area contributed by atoms with Gasteiger partial charge in [-0.1, -0.05) is 201 Å². The third-order valence-corrected chi connectivity index (χ3v) is 17.2. The van der Waals surface area contributed by atoms with Gasteiger partial charge in [0.25, 0.3) is 0 Å². The molecule has 2 aliphatic carbocycles. The van der Waals surface area contributed by atoms with E-state index in [0.29, 0.717) is 5.02 Å². The van der Waals surface area contributed by atoms with Gasteiger partial charge in [0.2, 0.25) is 0 Å². The maximum atomic E-state index is 7.85. The second-order valence-electron chi connectivity index (χ2n) is 21.2. The van der Waals surface area contributed by atoms with Crippen molar-refractivity contribution >= 4 is 79.0 Å². The maximum Gasteiger partial charge on any atom is 0.156 e. The van der Waals surface area contributed by atoms with Crippen LogP contribution in [0.25, 0.3) is 61.2 Å². The van der Waals surface area contributed by atoms with Gasteiger partial charge in [0.1, 0.15) is 28.3 Å². The highest BCUT2D eigenvalue weighted by atomic mass is 35.5. The standard InChI is InChI=1S/C74H49ClN2O3/c1-46-64(45-58-55-30-15-18-35-66(55)79-72(58)70(46)48-23-8-3-9-24-48)76(51-25-10-4-11-26-51)53-38-40-61-68(44-53)80-73-62(74(61)59-32-17-14-29-54(59)57-43-50(75)37-39-60(57)74)33-20-34-63(73)77(52-27-12-5-13-28-52)65-41-49(47-21-6-2-7-22-47)42-69-71(65)56-31-16-19-36-67(56)78-69/h2-46,70H,1H3. The zero-order chi connectivity index (χ0) is 53.1. The van der Waals surface area contributed by atoms with Crippen LogP contribution < -0.4 is 14.5 Å². The first-order chi connectivity index (χ1) is 39.5. The maximum absolute atomic E-state index is 7.85. The fourth-order valence-corrected chi connectivity index (χ4v) is 13.7. The molecule has 0 radical (unpaired) electrons. The molecule has 2 aromatic heterocycles. The van der Waals surface area contributed by atoms with Gasteiger partial charge in [0.05, 0.1) is 28.1 Å². The number of allylic oxidation sites excluding steroid dienone is 1. The Morgan fingerprint density at radius 1 is 0.438 bits per heavy atom. The van der Waals surface area contributed by atoms with Gasteiger partial charge in [0.15, 0.2) is 5.75 Å². The highest BCUT2D eigenvalue weighted by Gasteiger charge is 2.52. The molecule has 3 aliphatic rings. The predicted octanol–water partition coefficient (Wildman–Crippen LogP) is 20.6. The Kier molecular flexibility index (Phi) is 10.5. The molecule has 0 N–H and O–H groups in total. The van der Waals surface area contributed by atoms with Crippen LogP contribution in [0.2, 0.25) is 5.02 Å². The van der Waals surface area contributed by atoms with Crippen LogP contribution in [0.3, 0.4) is 0 Å². The van der Waals surface area contributed by atoms with E-state index in [4.69, 9.17) is 25.2 Å². The van der Waals surface area contributed by atoms with Crippen LogP contribution in [0.1, 0.15) is 52.0 Å². The van der Waals surface area contributed by atoms with Crippen molar-refractivity contribution in [3.8, 4) is 33.8 Å². The van der Waals surface area contributed by atoms with E-state index in [0.717, 1.165) is 129 Å². The zero-order valence-electron chi connectivity index (χ0n) is 43.6. The third-order valence-electron chi connectivity index (χ3n) is 16.9. The summed E-state index contributed by atoms with van der Waals surface area (Å²) in [5.74, 6) is 2.42. The number of furan rings is 2. The average molecular weight is 1050 g/mol. The number of halogens is 1. The van der Waals surface area contributed by atoms with E-state index in [1.165, 1.54) is 11.1 Å². The Hall–Kier alpha value is -9.81. The SMILES string of the molecule is CC1C(N(c2ccccc2)c2ccc3c(c2)Oc2c(N(c4ccccc4)c4cc(-c5ccccc5)cc5oc6ccccc6c45)cccc2C32c3ccccc3-c3cc(Cl)ccc32)=Cc2c(oc3ccccc23)C1c1ccccc1. The van der Waals surface area contributed by atoms with Crippen LogP contribution in [-0.4, -0.2) is 0 Å². The van der Waals surface area contributed by atoms with Crippen molar-refractivity contribution in [2.45, 2.75) is 18.3 Å². The van der Waals surface area contributed by atoms with Crippen LogP contribution in [0.15, 0.2) is 275 Å². The van der Waals surface area contributed by atoms with E-state index in [-0.39, 0.29) is 11.8 Å². The number of ether oxygens (including phenoxy) is 1. The number of benzene rings is 11. The number of fused-ring (bicyclic) bond motifs is 15. The molecule has 3 unspecified atom stereocenters. The van der Waals surface area contributed by atoms with E-state index in [2.05, 4.69) is 272 Å². The lowest BCUT2D eigenvalue weighted by Gasteiger charge is -2.42. The molecule has 11 aromatic carbocycles. The number of para-hydroxylation sites is 5. The predicted molar refractivity (Wildman–Crippen MR) is 326 cm³/mol. The van der Waals surface area contributed by atoms with Gasteiger partial charge in [-0.3, -0.25) is 0 Å². The molecule has 80 heavy (non-hydrogen) atoms. The molecule has 6 heteroatoms. The molecule has 0 saturated heterocycles. The monoisotopic (exact) mass is 1050 g/mol. The molecule has 0 saturated carbocycles. The van der Waals surface area contributed by atoms with Crippen LogP contribution in [0, 0.1) is 5.92 Å². The lowest BCUT2D eigenvalue weighted by atomic mass is 9.66. The molecule has 16 rings (SSSR count). The molecule has 0 fully saturated rings. The minimum Gasteiger partial charge on any atom is -0.460 e. The van der Waals surface area contributed by atoms with Crippen molar-refractivity contribution in [2.24, 2.45) is 5.92 Å². The van der Waals surface area contributed by atoms with E-state index in [9.17, 15) is 0 Å². The minimum atomic E-state index is -0.822. The summed E-state index contributed by atoms with van der Waals surface area (Å²) < 4.78 is 21.5. The number of anilines is 5. The Bertz CT molecular complexity index is 4620. The van der Waals surface area contributed by atoms with E-state index in [1.54, 1.807) is 0 Å². The minimum absolute atomic E-state index is 0.0125. The largest absolute Gasteiger partial charge is 0.460 e. The van der Waals surface area contributed by atoms with Crippen LogP contribution >= 0.6 is 11.6 Å². The smallest absolute Gasteiger partial charge is 0.156 e. The lowest BCUT2D eigenvalue weighted by molar-refractivity contribution is 0.437. The Labute approximate surface area is 468 Å². The van der Waals surface area contributed by atoms with Crippen molar-refractivity contribution in [3.63, 3.8) is 0 Å². The van der Waals surface area contributed by atoms with Gasteiger partial charge in [-0.25, -0.2) is 0 Å². The number of hydrogen-bond donors (Lipinski definition) is 0. The van der Waals surface area contributed by atoms with Crippen molar-refractivity contribution in [3.05, 3.63) is 311 Å².